The van der Waals surface area contributed by atoms with Gasteiger partial charge in [0.25, 0.3) is 10.1 Å². The second-order valence-electron chi connectivity index (χ2n) is 10.8. The smallest absolute Gasteiger partial charge is 0.421 e. The van der Waals surface area contributed by atoms with E-state index in [9.17, 15) is 31.5 Å². The Labute approximate surface area is 263 Å². The third kappa shape index (κ3) is 7.22. The van der Waals surface area contributed by atoms with Crippen LogP contribution in [-0.4, -0.2) is 54.2 Å². The molecule has 1 aromatic heterocycles. The van der Waals surface area contributed by atoms with E-state index in [4.69, 9.17) is 4.74 Å². The minimum absolute atomic E-state index is 0.0933. The maximum absolute atomic E-state index is 14.1. The lowest BCUT2D eigenvalue weighted by Crippen LogP contribution is -2.54. The first-order chi connectivity index (χ1) is 21.8. The van der Waals surface area contributed by atoms with Crippen molar-refractivity contribution in [2.24, 2.45) is 0 Å². The first kappa shape index (κ1) is 32.7. The highest BCUT2D eigenvalue weighted by molar-refractivity contribution is 7.86. The number of hydrogen-bond acceptors (Lipinski definition) is 8. The predicted molar refractivity (Wildman–Crippen MR) is 165 cm³/mol. The Morgan fingerprint density at radius 2 is 1.65 bits per heavy atom. The lowest BCUT2D eigenvalue weighted by atomic mass is 10.0. The zero-order valence-corrected chi connectivity index (χ0v) is 25.6. The first-order valence-corrected chi connectivity index (χ1v) is 15.5. The molecular weight excluding hydrogens is 623 g/mol. The van der Waals surface area contributed by atoms with Crippen LogP contribution in [0.15, 0.2) is 102 Å². The zero-order chi connectivity index (χ0) is 33.1. The largest absolute Gasteiger partial charge is 0.457 e. The third-order valence-corrected chi connectivity index (χ3v) is 8.51. The molecule has 13 heteroatoms. The number of ether oxygens (including phenoxy) is 1. The molecule has 0 fully saturated rings. The fraction of sp³-hybridized carbons (Fsp3) is 0.212. The van der Waals surface area contributed by atoms with Gasteiger partial charge in [-0.2, -0.15) is 26.7 Å². The van der Waals surface area contributed by atoms with E-state index in [0.717, 1.165) is 11.1 Å². The second-order valence-corrected chi connectivity index (χ2v) is 12.4. The van der Waals surface area contributed by atoms with E-state index >= 15 is 0 Å². The van der Waals surface area contributed by atoms with Gasteiger partial charge in [0.15, 0.2) is 0 Å². The van der Waals surface area contributed by atoms with E-state index in [2.05, 4.69) is 14.6 Å². The Kier molecular flexibility index (Phi) is 9.20. The Morgan fingerprint density at radius 3 is 2.35 bits per heavy atom. The molecule has 1 unspecified atom stereocenters. The monoisotopic (exact) mass is 653 g/mol. The quantitative estimate of drug-likeness (QED) is 0.130. The van der Waals surface area contributed by atoms with Crippen LogP contribution < -0.4 is 5.32 Å². The molecular formula is C33H30F3N3O6S. The van der Waals surface area contributed by atoms with Crippen molar-refractivity contribution < 1.29 is 40.4 Å². The molecule has 9 nitrogen and oxygen atoms in total. The number of esters is 1. The molecule has 240 valence electrons. The summed E-state index contributed by atoms with van der Waals surface area (Å²) in [5.41, 5.74) is 0.166. The molecule has 0 aliphatic heterocycles. The Balaban J connectivity index is 1.36. The van der Waals surface area contributed by atoms with E-state index in [1.165, 1.54) is 35.1 Å². The molecule has 0 amide bonds. The molecule has 0 aliphatic rings. The fourth-order valence-electron chi connectivity index (χ4n) is 4.61. The highest BCUT2D eigenvalue weighted by Gasteiger charge is 2.55. The first-order valence-electron chi connectivity index (χ1n) is 14.0. The molecule has 0 saturated carbocycles. The molecule has 1 atom stereocenters. The van der Waals surface area contributed by atoms with Crippen molar-refractivity contribution in [1.29, 1.82) is 0 Å². The number of fused-ring (bicyclic) bond motifs is 1. The van der Waals surface area contributed by atoms with Crippen LogP contribution in [0.1, 0.15) is 27.0 Å². The lowest BCUT2D eigenvalue weighted by molar-refractivity contribution is -0.262. The van der Waals surface area contributed by atoms with Gasteiger partial charge in [-0.15, -0.1) is 0 Å². The number of aryl methyl sites for hydroxylation is 2. The van der Waals surface area contributed by atoms with Crippen LogP contribution in [0.25, 0.3) is 16.6 Å². The molecule has 2 N–H and O–H groups in total. The number of alkyl halides is 3. The average Bonchev–Trinajstić information content (AvgIpc) is 3.45. The molecule has 1 heterocycles. The van der Waals surface area contributed by atoms with Crippen LogP contribution in [0.3, 0.4) is 0 Å². The van der Waals surface area contributed by atoms with Gasteiger partial charge in [0.1, 0.15) is 13.2 Å². The minimum atomic E-state index is -5.24. The van der Waals surface area contributed by atoms with Gasteiger partial charge in [0.2, 0.25) is 5.60 Å². The van der Waals surface area contributed by atoms with Crippen molar-refractivity contribution in [3.63, 3.8) is 0 Å². The molecule has 5 aromatic rings. The average molecular weight is 654 g/mol. The molecule has 0 spiro atoms. The number of hydrogen-bond donors (Lipinski definition) is 2. The SMILES string of the molecule is Cc1ccc(S(=O)(=O)OCC(O)(CNc2cc(C)cc3c2cnn3-c2cccc(C(=O)OCc3ccccc3)c2)C(F)(F)F)cc1. The third-order valence-electron chi connectivity index (χ3n) is 7.23. The molecule has 0 saturated heterocycles. The number of halogens is 3. The van der Waals surface area contributed by atoms with Crippen LogP contribution in [0.5, 0.6) is 0 Å². The Bertz CT molecular complexity index is 1960. The molecule has 0 bridgehead atoms. The summed E-state index contributed by atoms with van der Waals surface area (Å²) in [6, 6.07) is 24.5. The molecule has 0 radical (unpaired) electrons. The van der Waals surface area contributed by atoms with Crippen LogP contribution in [0, 0.1) is 13.8 Å². The number of rotatable bonds is 11. The van der Waals surface area contributed by atoms with Gasteiger partial charge >= 0.3 is 12.1 Å². The van der Waals surface area contributed by atoms with Crippen molar-refractivity contribution in [1.82, 2.24) is 9.78 Å². The molecule has 5 rings (SSSR count). The highest BCUT2D eigenvalue weighted by atomic mass is 32.2. The summed E-state index contributed by atoms with van der Waals surface area (Å²) < 4.78 is 79.0. The number of carbonyl (C=O) groups excluding carboxylic acids is 1. The summed E-state index contributed by atoms with van der Waals surface area (Å²) >= 11 is 0. The summed E-state index contributed by atoms with van der Waals surface area (Å²) in [4.78, 5) is 12.4. The highest BCUT2D eigenvalue weighted by Crippen LogP contribution is 2.34. The Morgan fingerprint density at radius 1 is 0.935 bits per heavy atom. The lowest BCUT2D eigenvalue weighted by Gasteiger charge is -2.30. The summed E-state index contributed by atoms with van der Waals surface area (Å²) in [5.74, 6) is -0.543. The summed E-state index contributed by atoms with van der Waals surface area (Å²) in [5, 5.41) is 18.1. The van der Waals surface area contributed by atoms with Gasteiger partial charge < -0.3 is 15.2 Å². The van der Waals surface area contributed by atoms with Crippen LogP contribution >= 0.6 is 0 Å². The Hall–Kier alpha value is -4.72. The molecule has 4 aromatic carbocycles. The number of nitrogens with zero attached hydrogens (tertiary/aromatic N) is 2. The van der Waals surface area contributed by atoms with Crippen molar-refractivity contribution in [3.8, 4) is 5.69 Å². The standard InChI is InChI=1S/C33H30F3N3O6S/c1-22-11-13-27(14-12-22)46(42,43)45-21-32(41,33(34,35)36)20-37-29-15-23(2)16-30-28(29)18-38-39(30)26-10-6-9-25(17-26)31(40)44-19-24-7-4-3-5-8-24/h3-18,37,41H,19-21H2,1-2H3. The fourth-order valence-corrected chi connectivity index (χ4v) is 5.57. The van der Waals surface area contributed by atoms with Gasteiger partial charge in [-0.1, -0.05) is 54.1 Å². The summed E-state index contributed by atoms with van der Waals surface area (Å²) in [6.07, 6.45) is -3.81. The van der Waals surface area contributed by atoms with E-state index < -0.39 is 41.0 Å². The van der Waals surface area contributed by atoms with Crippen LogP contribution in [-0.2, 0) is 25.6 Å². The summed E-state index contributed by atoms with van der Waals surface area (Å²) in [6.45, 7) is 0.856. The van der Waals surface area contributed by atoms with Crippen molar-refractivity contribution in [2.45, 2.75) is 37.1 Å². The van der Waals surface area contributed by atoms with Crippen LogP contribution in [0.4, 0.5) is 18.9 Å². The molecule has 0 aliphatic carbocycles. The summed E-state index contributed by atoms with van der Waals surface area (Å²) in [7, 11) is -4.58. The van der Waals surface area contributed by atoms with Gasteiger partial charge in [-0.3, -0.25) is 4.18 Å². The minimum Gasteiger partial charge on any atom is -0.457 e. The topological polar surface area (TPSA) is 120 Å². The van der Waals surface area contributed by atoms with Crippen LogP contribution in [0.2, 0.25) is 0 Å². The van der Waals surface area contributed by atoms with E-state index in [-0.39, 0.29) is 22.8 Å². The predicted octanol–water partition coefficient (Wildman–Crippen LogP) is 6.11. The van der Waals surface area contributed by atoms with E-state index in [1.807, 2.05) is 30.3 Å². The number of aliphatic hydroxyl groups is 1. The van der Waals surface area contributed by atoms with Gasteiger partial charge in [0, 0.05) is 11.1 Å². The normalized spacial score (nSPS) is 13.3. The van der Waals surface area contributed by atoms with E-state index in [0.29, 0.717) is 22.2 Å². The number of benzene rings is 4. The van der Waals surface area contributed by atoms with Crippen molar-refractivity contribution in [2.75, 3.05) is 18.5 Å². The number of nitrogens with one attached hydrogen (secondary N) is 1. The molecule has 46 heavy (non-hydrogen) atoms. The number of carbonyl (C=O) groups is 1. The maximum atomic E-state index is 14.1. The number of aromatic nitrogens is 2. The van der Waals surface area contributed by atoms with Gasteiger partial charge in [-0.05, 0) is 67.4 Å². The van der Waals surface area contributed by atoms with E-state index in [1.54, 1.807) is 50.2 Å². The van der Waals surface area contributed by atoms with Gasteiger partial charge in [-0.25, -0.2) is 9.48 Å². The number of anilines is 1. The second kappa shape index (κ2) is 12.9. The van der Waals surface area contributed by atoms with Crippen molar-refractivity contribution >= 4 is 32.7 Å². The zero-order valence-electron chi connectivity index (χ0n) is 24.8. The maximum Gasteiger partial charge on any atom is 0.421 e. The van der Waals surface area contributed by atoms with Gasteiger partial charge in [0.05, 0.1) is 34.4 Å². The van der Waals surface area contributed by atoms with Crippen molar-refractivity contribution in [3.05, 3.63) is 119 Å².